The van der Waals surface area contributed by atoms with Crippen molar-refractivity contribution in [3.05, 3.63) is 92.7 Å². The van der Waals surface area contributed by atoms with E-state index in [1.807, 2.05) is 49.4 Å². The van der Waals surface area contributed by atoms with Crippen LogP contribution in [0.3, 0.4) is 0 Å². The number of carbonyl (C=O) groups excluding carboxylic acids is 2. The van der Waals surface area contributed by atoms with Crippen LogP contribution < -0.4 is 0 Å². The van der Waals surface area contributed by atoms with E-state index in [4.69, 9.17) is 4.98 Å². The van der Waals surface area contributed by atoms with E-state index >= 15 is 0 Å². The third-order valence-electron chi connectivity index (χ3n) is 6.04. The predicted octanol–water partition coefficient (Wildman–Crippen LogP) is 7.01. The molecule has 0 radical (unpaired) electrons. The summed E-state index contributed by atoms with van der Waals surface area (Å²) in [6.07, 6.45) is 1.73. The Morgan fingerprint density at radius 3 is 2.18 bits per heavy atom. The Kier molecular flexibility index (Phi) is 4.81. The minimum atomic E-state index is -0.208. The van der Waals surface area contributed by atoms with E-state index in [-0.39, 0.29) is 17.1 Å². The summed E-state index contributed by atoms with van der Waals surface area (Å²) in [5, 5.41) is 2.89. The Labute approximate surface area is 207 Å². The smallest absolute Gasteiger partial charge is 0.197 e. The molecule has 0 saturated carbocycles. The third-order valence-corrected chi connectivity index (χ3v) is 7.80. The zero-order valence-corrected chi connectivity index (χ0v) is 20.6. The molecule has 0 unspecified atom stereocenters. The molecule has 0 spiro atoms. The normalized spacial score (nSPS) is 13.3. The van der Waals surface area contributed by atoms with Crippen LogP contribution in [0.2, 0.25) is 0 Å². The van der Waals surface area contributed by atoms with Gasteiger partial charge >= 0.3 is 0 Å². The highest BCUT2D eigenvalue weighted by atomic mass is 127. The number of hydrogen-bond donors (Lipinski definition) is 0. The van der Waals surface area contributed by atoms with Gasteiger partial charge < -0.3 is 4.57 Å². The molecule has 0 amide bonds. The van der Waals surface area contributed by atoms with Crippen molar-refractivity contribution in [1.29, 1.82) is 0 Å². The van der Waals surface area contributed by atoms with Crippen LogP contribution in [-0.4, -0.2) is 21.1 Å². The van der Waals surface area contributed by atoms with Crippen LogP contribution >= 0.6 is 33.9 Å². The van der Waals surface area contributed by atoms with E-state index in [2.05, 4.69) is 51.4 Å². The lowest BCUT2D eigenvalue weighted by Gasteiger charge is -2.04. The first kappa shape index (κ1) is 20.5. The second kappa shape index (κ2) is 7.74. The molecule has 0 atom stereocenters. The summed E-state index contributed by atoms with van der Waals surface area (Å²) in [5.74, 6) is -0.416. The average Bonchev–Trinajstić information content (AvgIpc) is 3.44. The van der Waals surface area contributed by atoms with Crippen LogP contribution in [0, 0.1) is 3.57 Å². The van der Waals surface area contributed by atoms with E-state index in [9.17, 15) is 9.59 Å². The molecule has 3 aromatic carbocycles. The molecular formula is C27H17IN2O2S. The number of rotatable bonds is 3. The third kappa shape index (κ3) is 3.28. The first-order chi connectivity index (χ1) is 16.0. The highest BCUT2D eigenvalue weighted by Crippen LogP contribution is 2.35. The molecule has 6 rings (SSSR count). The first-order valence-corrected chi connectivity index (χ1v) is 12.5. The van der Waals surface area contributed by atoms with E-state index in [0.717, 1.165) is 37.4 Å². The van der Waals surface area contributed by atoms with Gasteiger partial charge in [0.05, 0.1) is 10.3 Å². The van der Waals surface area contributed by atoms with Gasteiger partial charge in [-0.25, -0.2) is 4.98 Å². The maximum atomic E-state index is 13.2. The number of thiazole rings is 1. The molecule has 6 heteroatoms. The van der Waals surface area contributed by atoms with Gasteiger partial charge in [0.25, 0.3) is 0 Å². The zero-order valence-electron chi connectivity index (χ0n) is 17.6. The lowest BCUT2D eigenvalue weighted by atomic mass is 10.0. The van der Waals surface area contributed by atoms with Gasteiger partial charge in [-0.3, -0.25) is 9.59 Å². The molecule has 4 nitrogen and oxygen atoms in total. The number of hydrogen-bond acceptors (Lipinski definition) is 4. The van der Waals surface area contributed by atoms with Crippen molar-refractivity contribution in [2.24, 2.45) is 0 Å². The number of benzene rings is 3. The highest BCUT2D eigenvalue weighted by molar-refractivity contribution is 14.1. The van der Waals surface area contributed by atoms with E-state index in [0.29, 0.717) is 17.7 Å². The molecule has 1 aliphatic rings. The Bertz CT molecular complexity index is 1580. The van der Waals surface area contributed by atoms with Gasteiger partial charge in [-0.15, -0.1) is 11.3 Å². The molecule has 33 heavy (non-hydrogen) atoms. The standard InChI is InChI=1S/C27H17IN2O2S/c1-2-30-19(14-23-26(30)29-27(33-23)15-7-9-18(28)10-8-15)13-22-24(31)20-11-16-5-3-4-6-17(16)12-21(20)25(22)32/h3-14H,2H2,1H3. The fourth-order valence-corrected chi connectivity index (χ4v) is 5.78. The quantitative estimate of drug-likeness (QED) is 0.136. The second-order valence-electron chi connectivity index (χ2n) is 7.99. The van der Waals surface area contributed by atoms with Crippen LogP contribution in [0.5, 0.6) is 0 Å². The van der Waals surface area contributed by atoms with Gasteiger partial charge in [-0.05, 0) is 76.7 Å². The number of nitrogens with zero attached hydrogens (tertiary/aromatic N) is 2. The van der Waals surface area contributed by atoms with Crippen LogP contribution in [0.1, 0.15) is 33.3 Å². The van der Waals surface area contributed by atoms with Crippen molar-refractivity contribution in [3.8, 4) is 10.6 Å². The predicted molar refractivity (Wildman–Crippen MR) is 142 cm³/mol. The monoisotopic (exact) mass is 560 g/mol. The van der Waals surface area contributed by atoms with Crippen molar-refractivity contribution in [2.45, 2.75) is 13.5 Å². The Morgan fingerprint density at radius 1 is 0.939 bits per heavy atom. The Morgan fingerprint density at radius 2 is 1.58 bits per heavy atom. The highest BCUT2D eigenvalue weighted by Gasteiger charge is 2.33. The summed E-state index contributed by atoms with van der Waals surface area (Å²) < 4.78 is 4.29. The number of aryl methyl sites for hydroxylation is 1. The summed E-state index contributed by atoms with van der Waals surface area (Å²) in [6.45, 7) is 2.74. The minimum Gasteiger partial charge on any atom is -0.325 e. The molecule has 0 aliphatic heterocycles. The zero-order chi connectivity index (χ0) is 22.7. The lowest BCUT2D eigenvalue weighted by Crippen LogP contribution is -2.03. The van der Waals surface area contributed by atoms with Crippen LogP contribution in [-0.2, 0) is 6.54 Å². The second-order valence-corrected chi connectivity index (χ2v) is 10.3. The molecule has 0 saturated heterocycles. The van der Waals surface area contributed by atoms with Gasteiger partial charge in [-0.2, -0.15) is 0 Å². The van der Waals surface area contributed by atoms with Gasteiger partial charge in [-0.1, -0.05) is 36.4 Å². The number of ketones is 2. The van der Waals surface area contributed by atoms with Gasteiger partial charge in [0.15, 0.2) is 17.2 Å². The van der Waals surface area contributed by atoms with Crippen molar-refractivity contribution >= 4 is 72.7 Å². The SMILES string of the molecule is CCn1c(C=C2C(=O)c3cc4ccccc4cc3C2=O)cc2sc(-c3ccc(I)cc3)nc21. The van der Waals surface area contributed by atoms with Crippen LogP contribution in [0.4, 0.5) is 0 Å². The molecular weight excluding hydrogens is 543 g/mol. The summed E-state index contributed by atoms with van der Waals surface area (Å²) in [4.78, 5) is 31.2. The number of aromatic nitrogens is 2. The van der Waals surface area contributed by atoms with Gasteiger partial charge in [0.2, 0.25) is 0 Å². The molecule has 160 valence electrons. The average molecular weight is 560 g/mol. The van der Waals surface area contributed by atoms with Crippen molar-refractivity contribution in [2.75, 3.05) is 0 Å². The minimum absolute atomic E-state index is 0.208. The Balaban J connectivity index is 1.44. The van der Waals surface area contributed by atoms with Crippen LogP contribution in [0.25, 0.3) is 37.8 Å². The number of halogens is 1. The fraction of sp³-hybridized carbons (Fsp3) is 0.0741. The van der Waals surface area contributed by atoms with Crippen molar-refractivity contribution in [3.63, 3.8) is 0 Å². The molecule has 0 fully saturated rings. The van der Waals surface area contributed by atoms with Crippen molar-refractivity contribution in [1.82, 2.24) is 9.55 Å². The Hall–Kier alpha value is -3.10. The summed E-state index contributed by atoms with van der Waals surface area (Å²) in [5.41, 5.74) is 3.99. The van der Waals surface area contributed by atoms with E-state index in [1.165, 1.54) is 3.57 Å². The molecule has 5 aromatic rings. The lowest BCUT2D eigenvalue weighted by molar-refractivity contribution is 0.0990. The number of Topliss-reactive ketones (excluding diaryl/α,β-unsaturated/α-hetero) is 2. The van der Waals surface area contributed by atoms with E-state index < -0.39 is 0 Å². The maximum Gasteiger partial charge on any atom is 0.197 e. The molecule has 0 bridgehead atoms. The molecule has 2 heterocycles. The van der Waals surface area contributed by atoms with Gasteiger partial charge in [0.1, 0.15) is 5.01 Å². The summed E-state index contributed by atoms with van der Waals surface area (Å²) >= 11 is 3.91. The number of allylic oxidation sites excluding steroid dienone is 1. The number of carbonyl (C=O) groups is 2. The van der Waals surface area contributed by atoms with Crippen molar-refractivity contribution < 1.29 is 9.59 Å². The first-order valence-electron chi connectivity index (χ1n) is 10.6. The summed E-state index contributed by atoms with van der Waals surface area (Å²) in [6, 6.07) is 21.8. The van der Waals surface area contributed by atoms with Gasteiger partial charge in [0, 0.05) is 32.5 Å². The number of fused-ring (bicyclic) bond motifs is 3. The summed E-state index contributed by atoms with van der Waals surface area (Å²) in [7, 11) is 0. The van der Waals surface area contributed by atoms with E-state index in [1.54, 1.807) is 17.4 Å². The molecule has 2 aromatic heterocycles. The molecule has 1 aliphatic carbocycles. The largest absolute Gasteiger partial charge is 0.325 e. The fourth-order valence-electron chi connectivity index (χ4n) is 4.40. The maximum absolute atomic E-state index is 13.2. The topological polar surface area (TPSA) is 52.0 Å². The molecule has 0 N–H and O–H groups in total. The van der Waals surface area contributed by atoms with Crippen LogP contribution in [0.15, 0.2) is 72.3 Å².